The number of rotatable bonds is 6. The SMILES string of the molecule is COc1cc(NS(=O)(=O)c2csc(C#Cc3cccc(OC(F)(F)F)c3)n2)ccc1P(=O)(O)O. The summed E-state index contributed by atoms with van der Waals surface area (Å²) in [7, 11) is -7.66. The van der Waals surface area contributed by atoms with E-state index < -0.39 is 35.0 Å². The monoisotopic (exact) mass is 534 g/mol. The molecule has 0 fully saturated rings. The molecule has 1 heterocycles. The summed E-state index contributed by atoms with van der Waals surface area (Å²) in [6, 6.07) is 8.23. The molecule has 15 heteroatoms. The van der Waals surface area contributed by atoms with Crippen LogP contribution in [-0.4, -0.2) is 36.7 Å². The molecule has 0 bridgehead atoms. The molecule has 0 unspecified atom stereocenters. The van der Waals surface area contributed by atoms with Crippen molar-refractivity contribution >= 4 is 39.9 Å². The van der Waals surface area contributed by atoms with E-state index in [1.807, 2.05) is 0 Å². The first-order valence-corrected chi connectivity index (χ1v) is 12.8. The van der Waals surface area contributed by atoms with Crippen LogP contribution in [0.1, 0.15) is 10.6 Å². The van der Waals surface area contributed by atoms with Gasteiger partial charge >= 0.3 is 14.0 Å². The number of anilines is 1. The molecule has 180 valence electrons. The number of methoxy groups -OCH3 is 1. The van der Waals surface area contributed by atoms with Crippen molar-refractivity contribution < 1.29 is 45.4 Å². The van der Waals surface area contributed by atoms with Gasteiger partial charge in [0.1, 0.15) is 16.8 Å². The highest BCUT2D eigenvalue weighted by Crippen LogP contribution is 2.38. The number of ether oxygens (including phenoxy) is 2. The maximum absolute atomic E-state index is 12.6. The standard InChI is InChI=1S/C19H14F3N2O7PS2/c1-30-15-10-13(6-7-16(15)32(25,26)27)24-34(28,29)18-11-33-17(23-18)8-5-12-3-2-4-14(9-12)31-19(20,21)22/h2-4,6-7,9-11,24H,1H3,(H2,25,26,27). The number of benzene rings is 2. The summed E-state index contributed by atoms with van der Waals surface area (Å²) in [4.78, 5) is 22.5. The van der Waals surface area contributed by atoms with Crippen molar-refractivity contribution in [2.75, 3.05) is 11.8 Å². The molecule has 0 saturated carbocycles. The highest BCUT2D eigenvalue weighted by atomic mass is 32.2. The van der Waals surface area contributed by atoms with Gasteiger partial charge in [0.2, 0.25) is 0 Å². The Kier molecular flexibility index (Phi) is 7.25. The normalized spacial score (nSPS) is 11.9. The highest BCUT2D eigenvalue weighted by molar-refractivity contribution is 7.92. The average Bonchev–Trinajstić information content (AvgIpc) is 3.20. The Morgan fingerprint density at radius 2 is 1.88 bits per heavy atom. The van der Waals surface area contributed by atoms with Crippen molar-refractivity contribution in [3.8, 4) is 23.3 Å². The van der Waals surface area contributed by atoms with Gasteiger partial charge in [-0.1, -0.05) is 12.0 Å². The number of hydrogen-bond acceptors (Lipinski definition) is 7. The van der Waals surface area contributed by atoms with Crippen molar-refractivity contribution in [2.24, 2.45) is 0 Å². The van der Waals surface area contributed by atoms with Crippen molar-refractivity contribution in [1.29, 1.82) is 0 Å². The van der Waals surface area contributed by atoms with E-state index in [1.54, 1.807) is 0 Å². The summed E-state index contributed by atoms with van der Waals surface area (Å²) in [6.07, 6.45) is -4.85. The van der Waals surface area contributed by atoms with E-state index >= 15 is 0 Å². The minimum atomic E-state index is -4.85. The topological polar surface area (TPSA) is 135 Å². The lowest BCUT2D eigenvalue weighted by Crippen LogP contribution is -2.17. The molecule has 0 atom stereocenters. The van der Waals surface area contributed by atoms with Crippen molar-refractivity contribution in [3.63, 3.8) is 0 Å². The van der Waals surface area contributed by atoms with Gasteiger partial charge in [0.15, 0.2) is 10.0 Å². The first-order chi connectivity index (χ1) is 15.8. The zero-order chi connectivity index (χ0) is 25.1. The van der Waals surface area contributed by atoms with E-state index in [9.17, 15) is 35.9 Å². The van der Waals surface area contributed by atoms with Crippen LogP contribution < -0.4 is 19.5 Å². The molecule has 3 N–H and O–H groups in total. The summed E-state index contributed by atoms with van der Waals surface area (Å²) < 4.78 is 84.7. The quantitative estimate of drug-likeness (QED) is 0.325. The van der Waals surface area contributed by atoms with Crippen LogP contribution in [0.5, 0.6) is 11.5 Å². The Labute approximate surface area is 195 Å². The van der Waals surface area contributed by atoms with Gasteiger partial charge in [-0.25, -0.2) is 4.98 Å². The molecule has 0 spiro atoms. The number of thiazole rings is 1. The Bertz CT molecular complexity index is 1420. The minimum Gasteiger partial charge on any atom is -0.496 e. The highest BCUT2D eigenvalue weighted by Gasteiger charge is 2.31. The predicted molar refractivity (Wildman–Crippen MR) is 117 cm³/mol. The minimum absolute atomic E-state index is 0.0313. The summed E-state index contributed by atoms with van der Waals surface area (Å²) >= 11 is 0.891. The molecule has 0 amide bonds. The smallest absolute Gasteiger partial charge is 0.496 e. The Morgan fingerprint density at radius 3 is 2.53 bits per heavy atom. The number of halogens is 3. The number of nitrogens with zero attached hydrogens (tertiary/aromatic N) is 1. The number of aromatic nitrogens is 1. The van der Waals surface area contributed by atoms with Crippen LogP contribution in [0.4, 0.5) is 18.9 Å². The first kappa shape index (κ1) is 25.5. The first-order valence-electron chi connectivity index (χ1n) is 8.87. The lowest BCUT2D eigenvalue weighted by atomic mass is 10.2. The van der Waals surface area contributed by atoms with E-state index in [2.05, 4.69) is 26.3 Å². The van der Waals surface area contributed by atoms with Gasteiger partial charge in [-0.3, -0.25) is 9.29 Å². The predicted octanol–water partition coefficient (Wildman–Crippen LogP) is 3.05. The second-order valence-electron chi connectivity index (χ2n) is 6.35. The molecule has 9 nitrogen and oxygen atoms in total. The average molecular weight is 534 g/mol. The second kappa shape index (κ2) is 9.65. The maximum Gasteiger partial charge on any atom is 0.573 e. The van der Waals surface area contributed by atoms with E-state index in [-0.39, 0.29) is 27.0 Å². The van der Waals surface area contributed by atoms with Crippen molar-refractivity contribution in [3.05, 3.63) is 58.4 Å². The molecule has 34 heavy (non-hydrogen) atoms. The molecule has 1 aromatic heterocycles. The summed E-state index contributed by atoms with van der Waals surface area (Å²) in [5, 5.41) is 0.497. The molecule has 2 aromatic carbocycles. The molecule has 0 aliphatic carbocycles. The van der Waals surface area contributed by atoms with Gasteiger partial charge in [0.05, 0.1) is 12.8 Å². The van der Waals surface area contributed by atoms with Crippen LogP contribution in [0.2, 0.25) is 0 Å². The zero-order valence-corrected chi connectivity index (χ0v) is 19.4. The van der Waals surface area contributed by atoms with Crippen LogP contribution in [0, 0.1) is 11.8 Å². The molecule has 3 aromatic rings. The van der Waals surface area contributed by atoms with Gasteiger partial charge in [-0.15, -0.1) is 24.5 Å². The Morgan fingerprint density at radius 1 is 1.15 bits per heavy atom. The molecule has 3 rings (SSSR count). The van der Waals surface area contributed by atoms with Gasteiger partial charge in [0, 0.05) is 17.0 Å². The maximum atomic E-state index is 12.6. The summed E-state index contributed by atoms with van der Waals surface area (Å²) in [6.45, 7) is 0. The summed E-state index contributed by atoms with van der Waals surface area (Å²) in [5.41, 5.74) is 0.160. The zero-order valence-electron chi connectivity index (χ0n) is 16.9. The van der Waals surface area contributed by atoms with Crippen LogP contribution in [-0.2, 0) is 14.6 Å². The third-order valence-corrected chi connectivity index (χ3v) is 7.05. The second-order valence-corrected chi connectivity index (χ2v) is 10.4. The van der Waals surface area contributed by atoms with Gasteiger partial charge in [0.25, 0.3) is 10.0 Å². The van der Waals surface area contributed by atoms with Crippen LogP contribution in [0.3, 0.4) is 0 Å². The number of hydrogen-bond donors (Lipinski definition) is 3. The molecular formula is C19H14F3N2O7PS2. The van der Waals surface area contributed by atoms with Gasteiger partial charge < -0.3 is 19.3 Å². The lowest BCUT2D eigenvalue weighted by Gasteiger charge is -2.12. The number of alkyl halides is 3. The van der Waals surface area contributed by atoms with Crippen LogP contribution in [0.25, 0.3) is 0 Å². The number of sulfonamides is 1. The van der Waals surface area contributed by atoms with Crippen molar-refractivity contribution in [2.45, 2.75) is 11.4 Å². The van der Waals surface area contributed by atoms with E-state index in [1.165, 1.54) is 24.6 Å². The number of nitrogens with one attached hydrogen (secondary N) is 1. The van der Waals surface area contributed by atoms with Crippen LogP contribution >= 0.6 is 18.9 Å². The van der Waals surface area contributed by atoms with Crippen molar-refractivity contribution in [1.82, 2.24) is 4.98 Å². The largest absolute Gasteiger partial charge is 0.573 e. The third kappa shape index (κ3) is 6.72. The molecule has 0 aliphatic heterocycles. The van der Waals surface area contributed by atoms with Gasteiger partial charge in [-0.2, -0.15) is 8.42 Å². The van der Waals surface area contributed by atoms with E-state index in [0.717, 1.165) is 41.7 Å². The third-order valence-electron chi connectivity index (χ3n) is 3.89. The molecule has 0 radical (unpaired) electrons. The molecule has 0 aliphatic rings. The summed E-state index contributed by atoms with van der Waals surface area (Å²) in [5.74, 6) is 4.49. The fourth-order valence-corrected chi connectivity index (χ4v) is 5.23. The van der Waals surface area contributed by atoms with Gasteiger partial charge in [-0.05, 0) is 36.3 Å². The Hall–Kier alpha value is -3.08. The fraction of sp³-hybridized carbons (Fsp3) is 0.105. The molecular weight excluding hydrogens is 520 g/mol. The van der Waals surface area contributed by atoms with E-state index in [0.29, 0.717) is 0 Å². The fourth-order valence-electron chi connectivity index (χ4n) is 2.53. The van der Waals surface area contributed by atoms with Crippen LogP contribution in [0.15, 0.2) is 52.9 Å². The Balaban J connectivity index is 1.79. The van der Waals surface area contributed by atoms with E-state index in [4.69, 9.17) is 4.74 Å². The lowest BCUT2D eigenvalue weighted by molar-refractivity contribution is -0.274. The molecule has 0 saturated heterocycles.